The number of nitrogens with one attached hydrogen (secondary N) is 3. The Labute approximate surface area is 270 Å². The molecular formula is C33H47N3O8S. The van der Waals surface area contributed by atoms with E-state index in [2.05, 4.69) is 16.0 Å². The fourth-order valence-corrected chi connectivity index (χ4v) is 4.69. The van der Waals surface area contributed by atoms with Crippen LogP contribution in [-0.4, -0.2) is 65.6 Å². The zero-order valence-corrected chi connectivity index (χ0v) is 28.3. The average Bonchev–Trinajstić information content (AvgIpc) is 2.92. The molecule has 12 heteroatoms. The second-order valence-electron chi connectivity index (χ2n) is 12.6. The van der Waals surface area contributed by atoms with Gasteiger partial charge in [-0.2, -0.15) is 0 Å². The van der Waals surface area contributed by atoms with Crippen LogP contribution in [-0.2, 0) is 23.9 Å². The Hall–Kier alpha value is -3.93. The van der Waals surface area contributed by atoms with Crippen LogP contribution in [0.15, 0.2) is 47.4 Å². The molecule has 248 valence electrons. The Bertz CT molecular complexity index is 1300. The summed E-state index contributed by atoms with van der Waals surface area (Å²) in [6, 6.07) is 9.22. The summed E-state index contributed by atoms with van der Waals surface area (Å²) in [5.74, 6) is -1.29. The lowest BCUT2D eigenvalue weighted by Crippen LogP contribution is -2.49. The average molecular weight is 646 g/mol. The number of thioether (sulfide) groups is 1. The Morgan fingerprint density at radius 1 is 0.889 bits per heavy atom. The van der Waals surface area contributed by atoms with Crippen LogP contribution < -0.4 is 20.7 Å². The molecule has 0 aliphatic heterocycles. The first-order valence-corrected chi connectivity index (χ1v) is 16.1. The number of alkyl carbamates (subject to hydrolysis) is 1. The van der Waals surface area contributed by atoms with Crippen molar-refractivity contribution in [3.8, 4) is 11.5 Å². The van der Waals surface area contributed by atoms with Crippen LogP contribution >= 0.6 is 11.8 Å². The summed E-state index contributed by atoms with van der Waals surface area (Å²) in [5, 5.41) is 17.9. The molecule has 2 rings (SSSR count). The van der Waals surface area contributed by atoms with Gasteiger partial charge in [0, 0.05) is 11.4 Å². The summed E-state index contributed by atoms with van der Waals surface area (Å²) in [4.78, 5) is 52.6. The predicted molar refractivity (Wildman–Crippen MR) is 173 cm³/mol. The molecule has 2 unspecified atom stereocenters. The highest BCUT2D eigenvalue weighted by atomic mass is 32.2. The van der Waals surface area contributed by atoms with Crippen molar-refractivity contribution < 1.29 is 38.5 Å². The van der Waals surface area contributed by atoms with Gasteiger partial charge in [-0.3, -0.25) is 9.59 Å². The highest BCUT2D eigenvalue weighted by Crippen LogP contribution is 2.28. The molecule has 0 heterocycles. The van der Waals surface area contributed by atoms with Crippen LogP contribution in [0.2, 0.25) is 0 Å². The van der Waals surface area contributed by atoms with Crippen molar-refractivity contribution in [2.45, 2.75) is 95.9 Å². The van der Waals surface area contributed by atoms with Crippen LogP contribution in [0.4, 0.5) is 4.79 Å². The number of aryl methyl sites for hydroxylation is 1. The Morgan fingerprint density at radius 3 is 2.13 bits per heavy atom. The zero-order chi connectivity index (χ0) is 33.8. The monoisotopic (exact) mass is 645 g/mol. The van der Waals surface area contributed by atoms with Crippen molar-refractivity contribution in [1.29, 1.82) is 0 Å². The number of unbranched alkanes of at least 4 members (excludes halogenated alkanes) is 1. The largest absolute Gasteiger partial charge is 0.508 e. The molecule has 0 aliphatic rings. The minimum atomic E-state index is -1.20. The number of phenols is 1. The van der Waals surface area contributed by atoms with Crippen LogP contribution in [0.5, 0.6) is 11.5 Å². The molecule has 0 saturated heterocycles. The number of amides is 3. The van der Waals surface area contributed by atoms with E-state index in [0.717, 1.165) is 10.5 Å². The van der Waals surface area contributed by atoms with Crippen LogP contribution in [0, 0.1) is 6.92 Å². The van der Waals surface area contributed by atoms with Gasteiger partial charge in [-0.05, 0) is 109 Å². The van der Waals surface area contributed by atoms with Gasteiger partial charge in [-0.25, -0.2) is 9.59 Å². The van der Waals surface area contributed by atoms with Gasteiger partial charge in [-0.15, -0.1) is 11.8 Å². The van der Waals surface area contributed by atoms with Gasteiger partial charge in [0.05, 0.1) is 0 Å². The van der Waals surface area contributed by atoms with E-state index in [9.17, 15) is 24.3 Å². The Morgan fingerprint density at radius 2 is 1.53 bits per heavy atom. The summed E-state index contributed by atoms with van der Waals surface area (Å²) in [5.41, 5.74) is 0.0258. The molecule has 4 N–H and O–H groups in total. The lowest BCUT2D eigenvalue weighted by atomic mass is 10.0. The number of phenolic OH excluding ortho intramolecular Hbond substituents is 1. The first kappa shape index (κ1) is 37.3. The molecule has 0 radical (unpaired) electrons. The summed E-state index contributed by atoms with van der Waals surface area (Å²) >= 11 is 1.49. The fraction of sp³-hybridized carbons (Fsp3) is 0.515. The maximum Gasteiger partial charge on any atom is 0.407 e. The van der Waals surface area contributed by atoms with Crippen molar-refractivity contribution in [3.63, 3.8) is 0 Å². The molecule has 2 atom stereocenters. The second kappa shape index (κ2) is 17.0. The number of ether oxygens (including phenoxy) is 3. The number of rotatable bonds is 14. The second-order valence-corrected chi connectivity index (χ2v) is 13.4. The van der Waals surface area contributed by atoms with E-state index >= 15 is 0 Å². The third-order valence-electron chi connectivity index (χ3n) is 6.07. The van der Waals surface area contributed by atoms with E-state index in [1.807, 2.05) is 25.3 Å². The van der Waals surface area contributed by atoms with Crippen LogP contribution in [0.25, 0.3) is 0 Å². The number of hydrogen-bond acceptors (Lipinski definition) is 9. The van der Waals surface area contributed by atoms with Crippen molar-refractivity contribution in [1.82, 2.24) is 16.0 Å². The predicted octanol–water partition coefficient (Wildman–Crippen LogP) is 5.18. The molecule has 0 spiro atoms. The number of aromatic hydroxyl groups is 1. The molecule has 3 amide bonds. The summed E-state index contributed by atoms with van der Waals surface area (Å²) in [7, 11) is 0. The molecule has 0 aliphatic carbocycles. The normalized spacial score (nSPS) is 12.8. The first-order valence-electron chi connectivity index (χ1n) is 14.8. The summed E-state index contributed by atoms with van der Waals surface area (Å²) in [6.07, 6.45) is 2.58. The van der Waals surface area contributed by atoms with Gasteiger partial charge in [0.25, 0.3) is 5.91 Å². The minimum Gasteiger partial charge on any atom is -0.508 e. The molecule has 0 fully saturated rings. The first-order chi connectivity index (χ1) is 21.0. The molecule has 0 aromatic heterocycles. The Kier molecular flexibility index (Phi) is 14.0. The van der Waals surface area contributed by atoms with Gasteiger partial charge >= 0.3 is 12.1 Å². The van der Waals surface area contributed by atoms with Crippen molar-refractivity contribution >= 4 is 35.6 Å². The minimum absolute atomic E-state index is 0.0110. The maximum absolute atomic E-state index is 13.7. The zero-order valence-electron chi connectivity index (χ0n) is 27.4. The third kappa shape index (κ3) is 14.1. The molecular weight excluding hydrogens is 598 g/mol. The van der Waals surface area contributed by atoms with Crippen LogP contribution in [0.1, 0.15) is 78.0 Å². The third-order valence-corrected chi connectivity index (χ3v) is 6.83. The molecule has 45 heavy (non-hydrogen) atoms. The lowest BCUT2D eigenvalue weighted by molar-refractivity contribution is -0.159. The van der Waals surface area contributed by atoms with Gasteiger partial charge in [0.2, 0.25) is 5.91 Å². The molecule has 11 nitrogen and oxygen atoms in total. The number of carbonyl (C=O) groups is 4. The molecule has 2 aromatic carbocycles. The fourth-order valence-electron chi connectivity index (χ4n) is 4.06. The topological polar surface area (TPSA) is 152 Å². The van der Waals surface area contributed by atoms with E-state index in [1.165, 1.54) is 36.0 Å². The van der Waals surface area contributed by atoms with Crippen LogP contribution in [0.3, 0.4) is 0 Å². The SMILES string of the molecule is CSc1cc(C)ccc1OCC(=O)NC(C(=O)NC(CCCCNC(=O)OC(C)(C)C)C(=O)OC(C)(C)C)c1ccc(O)cc1. The smallest absolute Gasteiger partial charge is 0.407 e. The van der Waals surface area contributed by atoms with Gasteiger partial charge in [0.1, 0.15) is 34.8 Å². The summed E-state index contributed by atoms with van der Waals surface area (Å²) in [6.45, 7) is 12.4. The number of carbonyl (C=O) groups excluding carboxylic acids is 4. The Balaban J connectivity index is 2.15. The van der Waals surface area contributed by atoms with E-state index in [0.29, 0.717) is 30.7 Å². The van der Waals surface area contributed by atoms with Gasteiger partial charge in [0.15, 0.2) is 6.61 Å². The number of hydrogen-bond donors (Lipinski definition) is 4. The quantitative estimate of drug-likeness (QED) is 0.124. The van der Waals surface area contributed by atoms with Crippen molar-refractivity contribution in [3.05, 3.63) is 53.6 Å². The van der Waals surface area contributed by atoms with E-state index in [1.54, 1.807) is 47.6 Å². The van der Waals surface area contributed by atoms with E-state index in [4.69, 9.17) is 14.2 Å². The summed E-state index contributed by atoms with van der Waals surface area (Å²) < 4.78 is 16.6. The number of benzene rings is 2. The standard InChI is InChI=1S/C33H47N3O8S/c1-21-12-17-25(26(19-21)45-8)42-20-27(38)36-28(22-13-15-23(37)16-14-22)29(39)35-24(30(40)43-32(2,3)4)11-9-10-18-34-31(41)44-33(5,6)7/h12-17,19,24,28,37H,9-11,18,20H2,1-8H3,(H,34,41)(H,35,39)(H,36,38). The van der Waals surface area contributed by atoms with E-state index < -0.39 is 47.2 Å². The lowest BCUT2D eigenvalue weighted by Gasteiger charge is -2.26. The van der Waals surface area contributed by atoms with E-state index in [-0.39, 0.29) is 18.8 Å². The maximum atomic E-state index is 13.7. The molecule has 0 bridgehead atoms. The van der Waals surface area contributed by atoms with Crippen molar-refractivity contribution in [2.75, 3.05) is 19.4 Å². The van der Waals surface area contributed by atoms with Gasteiger partial charge in [-0.1, -0.05) is 18.2 Å². The van der Waals surface area contributed by atoms with Gasteiger partial charge < -0.3 is 35.3 Å². The molecule has 0 saturated carbocycles. The van der Waals surface area contributed by atoms with Crippen molar-refractivity contribution in [2.24, 2.45) is 0 Å². The number of esters is 1. The highest BCUT2D eigenvalue weighted by molar-refractivity contribution is 7.98. The molecule has 2 aromatic rings. The highest BCUT2D eigenvalue weighted by Gasteiger charge is 2.31.